The molecule has 0 spiro atoms. The molecule has 3 rings (SSSR count). The van der Waals surface area contributed by atoms with E-state index in [2.05, 4.69) is 5.32 Å². The number of hydrogen-bond acceptors (Lipinski definition) is 5. The van der Waals surface area contributed by atoms with Crippen molar-refractivity contribution >= 4 is 28.3 Å². The van der Waals surface area contributed by atoms with Gasteiger partial charge in [0, 0.05) is 29.5 Å². The molecule has 0 aliphatic heterocycles. The lowest BCUT2D eigenvalue weighted by molar-refractivity contribution is -0.116. The molecule has 2 aromatic carbocycles. The first-order valence-electron chi connectivity index (χ1n) is 8.90. The average molecular weight is 379 g/mol. The molecule has 0 aliphatic rings. The van der Waals surface area contributed by atoms with Crippen molar-refractivity contribution < 1.29 is 18.7 Å². The number of carbonyl (C=O) groups excluding carboxylic acids is 2. The lowest BCUT2D eigenvalue weighted by Gasteiger charge is -2.12. The predicted molar refractivity (Wildman–Crippen MR) is 107 cm³/mol. The number of methoxy groups -OCH3 is 1. The van der Waals surface area contributed by atoms with Crippen LogP contribution < -0.4 is 15.7 Å². The second-order valence-electron chi connectivity index (χ2n) is 6.56. The van der Waals surface area contributed by atoms with Gasteiger partial charge in [-0.15, -0.1) is 0 Å². The van der Waals surface area contributed by atoms with Gasteiger partial charge >= 0.3 is 5.63 Å². The first kappa shape index (κ1) is 19.4. The molecule has 1 amide bonds. The number of aryl methyl sites for hydroxylation is 2. The smallest absolute Gasteiger partial charge is 0.336 e. The third-order valence-corrected chi connectivity index (χ3v) is 4.55. The van der Waals surface area contributed by atoms with Gasteiger partial charge in [-0.25, -0.2) is 4.79 Å². The van der Waals surface area contributed by atoms with Crippen LogP contribution in [0, 0.1) is 6.92 Å². The van der Waals surface area contributed by atoms with E-state index in [4.69, 9.17) is 9.15 Å². The van der Waals surface area contributed by atoms with E-state index in [9.17, 15) is 14.4 Å². The Labute approximate surface area is 162 Å². The molecular weight excluding hydrogens is 358 g/mol. The van der Waals surface area contributed by atoms with Crippen LogP contribution in [0.1, 0.15) is 34.8 Å². The summed E-state index contributed by atoms with van der Waals surface area (Å²) in [6.45, 7) is 3.30. The molecule has 144 valence electrons. The normalized spacial score (nSPS) is 10.7. The SMILES string of the molecule is COc1cc2oc(=O)cc(C)c2cc1CCC(=O)Nc1ccccc1C(C)=O. The Kier molecular flexibility index (Phi) is 5.59. The van der Waals surface area contributed by atoms with E-state index in [1.807, 2.05) is 13.0 Å². The number of rotatable bonds is 6. The molecule has 0 bridgehead atoms. The van der Waals surface area contributed by atoms with Crippen molar-refractivity contribution in [2.24, 2.45) is 0 Å². The van der Waals surface area contributed by atoms with Gasteiger partial charge in [0.2, 0.25) is 5.91 Å². The number of ketones is 1. The minimum atomic E-state index is -0.414. The minimum Gasteiger partial charge on any atom is -0.496 e. The third-order valence-electron chi connectivity index (χ3n) is 4.55. The Bertz CT molecular complexity index is 1110. The lowest BCUT2D eigenvalue weighted by Crippen LogP contribution is -2.14. The van der Waals surface area contributed by atoms with Crippen LogP contribution in [0.25, 0.3) is 11.0 Å². The molecule has 28 heavy (non-hydrogen) atoms. The summed E-state index contributed by atoms with van der Waals surface area (Å²) in [5, 5.41) is 3.60. The molecule has 6 nitrogen and oxygen atoms in total. The molecule has 1 heterocycles. The van der Waals surface area contributed by atoms with Crippen LogP contribution in [0.2, 0.25) is 0 Å². The Morgan fingerprint density at radius 3 is 2.61 bits per heavy atom. The molecule has 0 saturated carbocycles. The summed E-state index contributed by atoms with van der Waals surface area (Å²) < 4.78 is 10.6. The fourth-order valence-electron chi connectivity index (χ4n) is 3.14. The Hall–Kier alpha value is -3.41. The van der Waals surface area contributed by atoms with Crippen LogP contribution in [0.3, 0.4) is 0 Å². The second-order valence-corrected chi connectivity index (χ2v) is 6.56. The number of hydrogen-bond donors (Lipinski definition) is 1. The number of benzene rings is 2. The maximum Gasteiger partial charge on any atom is 0.336 e. The molecule has 0 fully saturated rings. The van der Waals surface area contributed by atoms with Crippen LogP contribution in [-0.2, 0) is 11.2 Å². The van der Waals surface area contributed by atoms with Crippen LogP contribution in [0.5, 0.6) is 5.75 Å². The van der Waals surface area contributed by atoms with E-state index in [0.29, 0.717) is 29.0 Å². The number of amides is 1. The second kappa shape index (κ2) is 8.08. The van der Waals surface area contributed by atoms with E-state index in [1.54, 1.807) is 30.3 Å². The van der Waals surface area contributed by atoms with Gasteiger partial charge in [-0.2, -0.15) is 0 Å². The van der Waals surface area contributed by atoms with Gasteiger partial charge < -0.3 is 14.5 Å². The molecule has 6 heteroatoms. The first-order valence-corrected chi connectivity index (χ1v) is 8.90. The zero-order chi connectivity index (χ0) is 20.3. The molecule has 1 aromatic heterocycles. The highest BCUT2D eigenvalue weighted by Gasteiger charge is 2.13. The quantitative estimate of drug-likeness (QED) is 0.519. The number of ether oxygens (including phenoxy) is 1. The molecule has 3 aromatic rings. The maximum absolute atomic E-state index is 12.4. The lowest BCUT2D eigenvalue weighted by atomic mass is 10.0. The fraction of sp³-hybridized carbons (Fsp3) is 0.227. The summed E-state index contributed by atoms with van der Waals surface area (Å²) in [7, 11) is 1.53. The zero-order valence-electron chi connectivity index (χ0n) is 16.0. The Balaban J connectivity index is 1.80. The van der Waals surface area contributed by atoms with Crippen molar-refractivity contribution in [2.45, 2.75) is 26.7 Å². The van der Waals surface area contributed by atoms with Crippen LogP contribution in [0.15, 0.2) is 51.7 Å². The molecule has 0 saturated heterocycles. The minimum absolute atomic E-state index is 0.107. The third kappa shape index (κ3) is 4.11. The fourth-order valence-corrected chi connectivity index (χ4v) is 3.14. The average Bonchev–Trinajstić information content (AvgIpc) is 2.66. The Morgan fingerprint density at radius 1 is 1.14 bits per heavy atom. The van der Waals surface area contributed by atoms with Gasteiger partial charge in [0.1, 0.15) is 11.3 Å². The van der Waals surface area contributed by atoms with Crippen LogP contribution in [0.4, 0.5) is 5.69 Å². The molecule has 0 aliphatic carbocycles. The summed E-state index contributed by atoms with van der Waals surface area (Å²) in [6.07, 6.45) is 0.648. The molecule has 0 radical (unpaired) electrons. The summed E-state index contributed by atoms with van der Waals surface area (Å²) in [4.78, 5) is 35.7. The highest BCUT2D eigenvalue weighted by molar-refractivity contribution is 6.03. The summed E-state index contributed by atoms with van der Waals surface area (Å²) >= 11 is 0. The highest BCUT2D eigenvalue weighted by atomic mass is 16.5. The number of nitrogens with one attached hydrogen (secondary N) is 1. The number of para-hydroxylation sites is 1. The van der Waals surface area contributed by atoms with Crippen molar-refractivity contribution in [3.05, 3.63) is 69.6 Å². The predicted octanol–water partition coefficient (Wildman–Crippen LogP) is 3.88. The molecule has 1 N–H and O–H groups in total. The number of carbonyl (C=O) groups is 2. The van der Waals surface area contributed by atoms with Crippen LogP contribution in [-0.4, -0.2) is 18.8 Å². The van der Waals surface area contributed by atoms with Crippen molar-refractivity contribution in [1.82, 2.24) is 0 Å². The van der Waals surface area contributed by atoms with Gasteiger partial charge in [0.05, 0.1) is 12.8 Å². The summed E-state index contributed by atoms with van der Waals surface area (Å²) in [5.74, 6) is 0.245. The maximum atomic E-state index is 12.4. The highest BCUT2D eigenvalue weighted by Crippen LogP contribution is 2.28. The van der Waals surface area contributed by atoms with Gasteiger partial charge in [0.15, 0.2) is 5.78 Å². The van der Waals surface area contributed by atoms with E-state index in [-0.39, 0.29) is 18.1 Å². The number of fused-ring (bicyclic) bond motifs is 1. The van der Waals surface area contributed by atoms with Crippen molar-refractivity contribution in [1.29, 1.82) is 0 Å². The van der Waals surface area contributed by atoms with E-state index < -0.39 is 5.63 Å². The summed E-state index contributed by atoms with van der Waals surface area (Å²) in [5.41, 5.74) is 2.65. The molecular formula is C22H21NO5. The van der Waals surface area contributed by atoms with Crippen molar-refractivity contribution in [3.8, 4) is 5.75 Å². The number of Topliss-reactive ketones (excluding diaryl/α,β-unsaturated/α-hetero) is 1. The van der Waals surface area contributed by atoms with Gasteiger partial charge in [-0.3, -0.25) is 9.59 Å². The van der Waals surface area contributed by atoms with Gasteiger partial charge in [-0.05, 0) is 49.6 Å². The standard InChI is InChI=1S/C22H21NO5/c1-13-10-22(26)28-20-12-19(27-3)15(11-17(13)20)8-9-21(25)23-18-7-5-4-6-16(18)14(2)24/h4-7,10-12H,8-9H2,1-3H3,(H,23,25). The van der Waals surface area contributed by atoms with E-state index >= 15 is 0 Å². The van der Waals surface area contributed by atoms with Crippen molar-refractivity contribution in [2.75, 3.05) is 12.4 Å². The van der Waals surface area contributed by atoms with Crippen LogP contribution >= 0.6 is 0 Å². The van der Waals surface area contributed by atoms with E-state index in [1.165, 1.54) is 20.1 Å². The molecule has 0 unspecified atom stereocenters. The monoisotopic (exact) mass is 379 g/mol. The van der Waals surface area contributed by atoms with Crippen molar-refractivity contribution in [3.63, 3.8) is 0 Å². The molecule has 0 atom stereocenters. The first-order chi connectivity index (χ1) is 13.4. The summed E-state index contributed by atoms with van der Waals surface area (Å²) in [6, 6.07) is 11.9. The number of anilines is 1. The zero-order valence-corrected chi connectivity index (χ0v) is 16.0. The topological polar surface area (TPSA) is 85.6 Å². The van der Waals surface area contributed by atoms with E-state index in [0.717, 1.165) is 16.5 Å². The van der Waals surface area contributed by atoms with Gasteiger partial charge in [0.25, 0.3) is 0 Å². The largest absolute Gasteiger partial charge is 0.496 e. The Morgan fingerprint density at radius 2 is 1.89 bits per heavy atom. The van der Waals surface area contributed by atoms with Gasteiger partial charge in [-0.1, -0.05) is 12.1 Å².